The number of benzene rings is 1. The van der Waals surface area contributed by atoms with Gasteiger partial charge >= 0.3 is 0 Å². The molecule has 1 aliphatic carbocycles. The Morgan fingerprint density at radius 3 is 3.05 bits per heavy atom. The van der Waals surface area contributed by atoms with E-state index in [9.17, 15) is 0 Å². The first-order valence-electron chi connectivity index (χ1n) is 6.31. The first kappa shape index (κ1) is 13.6. The molecule has 3 rings (SSSR count). The molecule has 100 valence electrons. The van der Waals surface area contributed by atoms with Crippen molar-refractivity contribution in [3.8, 4) is 10.6 Å². The normalized spacial score (nSPS) is 18.4. The Balaban J connectivity index is 2.05. The van der Waals surface area contributed by atoms with Gasteiger partial charge in [-0.2, -0.15) is 0 Å². The number of aromatic nitrogens is 1. The minimum absolute atomic E-state index is 0.459. The molecule has 19 heavy (non-hydrogen) atoms. The summed E-state index contributed by atoms with van der Waals surface area (Å²) in [5.74, 6) is 0. The van der Waals surface area contributed by atoms with Crippen molar-refractivity contribution in [3.05, 3.63) is 38.3 Å². The monoisotopic (exact) mass is 356 g/mol. The van der Waals surface area contributed by atoms with E-state index in [1.807, 2.05) is 25.2 Å². The molecule has 0 spiro atoms. The van der Waals surface area contributed by atoms with Gasteiger partial charge in [-0.1, -0.05) is 27.5 Å². The summed E-state index contributed by atoms with van der Waals surface area (Å²) in [5, 5.41) is 5.21. The molecule has 0 aliphatic heterocycles. The second-order valence-electron chi connectivity index (χ2n) is 4.69. The minimum Gasteiger partial charge on any atom is -0.312 e. The highest BCUT2D eigenvalue weighted by Gasteiger charge is 2.24. The van der Waals surface area contributed by atoms with Crippen molar-refractivity contribution < 1.29 is 0 Å². The molecular weight excluding hydrogens is 344 g/mol. The number of nitrogens with zero attached hydrogens (tertiary/aromatic N) is 1. The molecule has 5 heteroatoms. The molecule has 0 amide bonds. The second-order valence-corrected chi connectivity index (χ2v) is 7.01. The topological polar surface area (TPSA) is 24.9 Å². The van der Waals surface area contributed by atoms with E-state index in [1.54, 1.807) is 11.3 Å². The van der Waals surface area contributed by atoms with Crippen molar-refractivity contribution in [2.75, 3.05) is 7.05 Å². The van der Waals surface area contributed by atoms with E-state index < -0.39 is 0 Å². The molecule has 1 atom stereocenters. The van der Waals surface area contributed by atoms with Crippen LogP contribution in [0.1, 0.15) is 29.5 Å². The predicted octanol–water partition coefficient (Wildman–Crippen LogP) is 4.82. The van der Waals surface area contributed by atoms with Crippen molar-refractivity contribution in [2.24, 2.45) is 0 Å². The lowest BCUT2D eigenvalue weighted by molar-refractivity contribution is 0.501. The van der Waals surface area contributed by atoms with Crippen LogP contribution >= 0.6 is 38.9 Å². The van der Waals surface area contributed by atoms with Gasteiger partial charge in [-0.05, 0) is 44.5 Å². The summed E-state index contributed by atoms with van der Waals surface area (Å²) in [6, 6.07) is 6.33. The quantitative estimate of drug-likeness (QED) is 0.833. The zero-order valence-electron chi connectivity index (χ0n) is 10.5. The van der Waals surface area contributed by atoms with Crippen molar-refractivity contribution >= 4 is 38.9 Å². The molecule has 1 aromatic heterocycles. The van der Waals surface area contributed by atoms with Crippen molar-refractivity contribution in [1.82, 2.24) is 10.3 Å². The Labute approximate surface area is 130 Å². The first-order valence-corrected chi connectivity index (χ1v) is 8.30. The standard InChI is InChI=1S/C14H14BrClN2S/c1-17-11-3-2-4-12-13(11)19-14(18-12)9-6-5-8(16)7-10(9)15/h5-7,11,17H,2-4H2,1H3. The lowest BCUT2D eigenvalue weighted by atomic mass is 9.98. The second kappa shape index (κ2) is 5.52. The van der Waals surface area contributed by atoms with Crippen LogP contribution in [-0.4, -0.2) is 12.0 Å². The average molecular weight is 358 g/mol. The molecule has 1 N–H and O–H groups in total. The predicted molar refractivity (Wildman–Crippen MR) is 85.0 cm³/mol. The third-order valence-corrected chi connectivity index (χ3v) is 5.60. The van der Waals surface area contributed by atoms with Crippen molar-refractivity contribution in [3.63, 3.8) is 0 Å². The van der Waals surface area contributed by atoms with Gasteiger partial charge in [-0.3, -0.25) is 0 Å². The molecule has 0 fully saturated rings. The molecule has 1 aromatic carbocycles. The molecular formula is C14H14BrClN2S. The third kappa shape index (κ3) is 2.59. The molecule has 1 unspecified atom stereocenters. The summed E-state index contributed by atoms with van der Waals surface area (Å²) in [6.07, 6.45) is 3.51. The molecule has 0 saturated carbocycles. The number of thiazole rings is 1. The molecule has 1 aliphatic rings. The number of nitrogens with one attached hydrogen (secondary N) is 1. The molecule has 2 nitrogen and oxygen atoms in total. The van der Waals surface area contributed by atoms with E-state index in [1.165, 1.54) is 23.4 Å². The Morgan fingerprint density at radius 1 is 1.47 bits per heavy atom. The summed E-state index contributed by atoms with van der Waals surface area (Å²) in [5.41, 5.74) is 2.38. The van der Waals surface area contributed by atoms with Crippen LogP contribution in [0.4, 0.5) is 0 Å². The number of hydrogen-bond donors (Lipinski definition) is 1. The van der Waals surface area contributed by atoms with E-state index >= 15 is 0 Å². The highest BCUT2D eigenvalue weighted by molar-refractivity contribution is 9.10. The highest BCUT2D eigenvalue weighted by Crippen LogP contribution is 2.40. The summed E-state index contributed by atoms with van der Waals surface area (Å²) in [4.78, 5) is 6.21. The fourth-order valence-electron chi connectivity index (χ4n) is 2.47. The van der Waals surface area contributed by atoms with Gasteiger partial charge in [0.2, 0.25) is 0 Å². The largest absolute Gasteiger partial charge is 0.312 e. The lowest BCUT2D eigenvalue weighted by Crippen LogP contribution is -2.19. The van der Waals surface area contributed by atoms with E-state index in [2.05, 4.69) is 21.2 Å². The van der Waals surface area contributed by atoms with Crippen LogP contribution < -0.4 is 5.32 Å². The maximum Gasteiger partial charge on any atom is 0.125 e. The van der Waals surface area contributed by atoms with Crippen LogP contribution in [0, 0.1) is 0 Å². The number of fused-ring (bicyclic) bond motifs is 1. The van der Waals surface area contributed by atoms with Crippen LogP contribution in [0.3, 0.4) is 0 Å². The fourth-order valence-corrected chi connectivity index (χ4v) is 4.77. The SMILES string of the molecule is CNC1CCCc2nc(-c3ccc(Cl)cc3Br)sc21. The average Bonchev–Trinajstić information content (AvgIpc) is 2.81. The van der Waals surface area contributed by atoms with Gasteiger partial charge in [0, 0.05) is 26.0 Å². The van der Waals surface area contributed by atoms with Gasteiger partial charge in [0.1, 0.15) is 5.01 Å². The van der Waals surface area contributed by atoms with Crippen LogP contribution in [0.2, 0.25) is 5.02 Å². The van der Waals surface area contributed by atoms with E-state index in [0.717, 1.165) is 26.5 Å². The maximum atomic E-state index is 5.99. The fraction of sp³-hybridized carbons (Fsp3) is 0.357. The third-order valence-electron chi connectivity index (χ3n) is 3.46. The Morgan fingerprint density at radius 2 is 2.32 bits per heavy atom. The zero-order chi connectivity index (χ0) is 13.4. The number of halogens is 2. The molecule has 0 saturated heterocycles. The lowest BCUT2D eigenvalue weighted by Gasteiger charge is -2.19. The van der Waals surface area contributed by atoms with Gasteiger partial charge < -0.3 is 5.32 Å². The first-order chi connectivity index (χ1) is 9.19. The van der Waals surface area contributed by atoms with Crippen LogP contribution in [0.5, 0.6) is 0 Å². The molecule has 1 heterocycles. The van der Waals surface area contributed by atoms with Gasteiger partial charge in [-0.25, -0.2) is 4.98 Å². The molecule has 0 bridgehead atoms. The number of aryl methyl sites for hydroxylation is 1. The molecule has 0 radical (unpaired) electrons. The minimum atomic E-state index is 0.459. The maximum absolute atomic E-state index is 5.99. The highest BCUT2D eigenvalue weighted by atomic mass is 79.9. The van der Waals surface area contributed by atoms with E-state index in [-0.39, 0.29) is 0 Å². The Kier molecular flexibility index (Phi) is 3.94. The Bertz CT molecular complexity index is 611. The number of hydrogen-bond acceptors (Lipinski definition) is 3. The van der Waals surface area contributed by atoms with Gasteiger partial charge in [0.25, 0.3) is 0 Å². The van der Waals surface area contributed by atoms with Crippen molar-refractivity contribution in [1.29, 1.82) is 0 Å². The van der Waals surface area contributed by atoms with E-state index in [4.69, 9.17) is 16.6 Å². The summed E-state index contributed by atoms with van der Waals surface area (Å²) >= 11 is 11.4. The summed E-state index contributed by atoms with van der Waals surface area (Å²) < 4.78 is 1.01. The van der Waals surface area contributed by atoms with Gasteiger partial charge in [0.15, 0.2) is 0 Å². The molecule has 2 aromatic rings. The van der Waals surface area contributed by atoms with Crippen LogP contribution in [-0.2, 0) is 6.42 Å². The Hall–Kier alpha value is -0.420. The van der Waals surface area contributed by atoms with Crippen LogP contribution in [0.25, 0.3) is 10.6 Å². The number of rotatable bonds is 2. The summed E-state index contributed by atoms with van der Waals surface area (Å²) in [6.45, 7) is 0. The zero-order valence-corrected chi connectivity index (χ0v) is 13.7. The van der Waals surface area contributed by atoms with Crippen LogP contribution in [0.15, 0.2) is 22.7 Å². The smallest absolute Gasteiger partial charge is 0.125 e. The van der Waals surface area contributed by atoms with Gasteiger partial charge in [0.05, 0.1) is 5.69 Å². The van der Waals surface area contributed by atoms with Gasteiger partial charge in [-0.15, -0.1) is 11.3 Å². The summed E-state index contributed by atoms with van der Waals surface area (Å²) in [7, 11) is 2.03. The van der Waals surface area contributed by atoms with E-state index in [0.29, 0.717) is 6.04 Å². The van der Waals surface area contributed by atoms with Crippen molar-refractivity contribution in [2.45, 2.75) is 25.3 Å².